The fourth-order valence-electron chi connectivity index (χ4n) is 2.29. The summed E-state index contributed by atoms with van der Waals surface area (Å²) in [5, 5.41) is 10.0. The van der Waals surface area contributed by atoms with Crippen LogP contribution >= 0.6 is 11.8 Å². The molecule has 0 aliphatic rings. The van der Waals surface area contributed by atoms with Crippen LogP contribution in [0, 0.1) is 0 Å². The van der Waals surface area contributed by atoms with Gasteiger partial charge in [-0.15, -0.1) is 11.8 Å². The van der Waals surface area contributed by atoms with Crippen LogP contribution in [0.3, 0.4) is 0 Å². The van der Waals surface area contributed by atoms with Crippen LogP contribution < -0.4 is 0 Å². The van der Waals surface area contributed by atoms with Crippen LogP contribution in [0.2, 0.25) is 0 Å². The number of hydrogen-bond acceptors (Lipinski definition) is 2. The summed E-state index contributed by atoms with van der Waals surface area (Å²) in [6.07, 6.45) is 0.998. The molecule has 0 unspecified atom stereocenters. The summed E-state index contributed by atoms with van der Waals surface area (Å²) in [7, 11) is 0. The Morgan fingerprint density at radius 3 is 2.67 bits per heavy atom. The molecule has 3 aromatic rings. The molecule has 3 nitrogen and oxygen atoms in total. The van der Waals surface area contributed by atoms with Gasteiger partial charge in [0, 0.05) is 21.6 Å². The third-order valence-electron chi connectivity index (χ3n) is 3.35. The predicted molar refractivity (Wildman–Crippen MR) is 86.1 cm³/mol. The summed E-state index contributed by atoms with van der Waals surface area (Å²) in [5.74, 6) is 0.0444. The number of H-pyrrole nitrogens is 1. The second-order valence-electron chi connectivity index (χ2n) is 4.79. The Bertz CT molecular complexity index is 765. The van der Waals surface area contributed by atoms with Crippen LogP contribution in [-0.4, -0.2) is 21.8 Å². The Labute approximate surface area is 127 Å². The molecule has 1 heterocycles. The minimum atomic E-state index is -0.925. The number of carbonyl (C=O) groups is 1. The molecule has 0 atom stereocenters. The Morgan fingerprint density at radius 1 is 1.10 bits per heavy atom. The van der Waals surface area contributed by atoms with E-state index in [1.807, 2.05) is 36.4 Å². The van der Waals surface area contributed by atoms with E-state index < -0.39 is 5.97 Å². The van der Waals surface area contributed by atoms with Crippen molar-refractivity contribution in [3.8, 4) is 0 Å². The Balaban J connectivity index is 1.76. The number of aromatic amines is 1. The van der Waals surface area contributed by atoms with Crippen LogP contribution in [0.5, 0.6) is 0 Å². The van der Waals surface area contributed by atoms with Gasteiger partial charge in [-0.25, -0.2) is 4.79 Å². The highest BCUT2D eigenvalue weighted by Gasteiger charge is 2.10. The molecule has 0 saturated heterocycles. The number of aryl methyl sites for hydroxylation is 1. The highest BCUT2D eigenvalue weighted by Crippen LogP contribution is 2.29. The molecule has 4 heteroatoms. The zero-order valence-electron chi connectivity index (χ0n) is 11.4. The highest BCUT2D eigenvalue weighted by atomic mass is 32.2. The lowest BCUT2D eigenvalue weighted by atomic mass is 10.2. The number of carboxylic acids is 1. The molecule has 0 aliphatic carbocycles. The molecule has 3 rings (SSSR count). The fourth-order valence-corrected chi connectivity index (χ4v) is 3.35. The van der Waals surface area contributed by atoms with Crippen molar-refractivity contribution in [1.29, 1.82) is 0 Å². The SMILES string of the molecule is O=C(O)c1cc2c(SCCc3ccccc3)cccc2[nH]1. The van der Waals surface area contributed by atoms with Crippen molar-refractivity contribution in [2.24, 2.45) is 0 Å². The molecule has 0 aliphatic heterocycles. The number of hydrogen-bond donors (Lipinski definition) is 2. The summed E-state index contributed by atoms with van der Waals surface area (Å²) >= 11 is 1.76. The molecular weight excluding hydrogens is 282 g/mol. The number of benzene rings is 2. The largest absolute Gasteiger partial charge is 0.477 e. The maximum Gasteiger partial charge on any atom is 0.352 e. The van der Waals surface area contributed by atoms with Crippen LogP contribution in [0.4, 0.5) is 0 Å². The van der Waals surface area contributed by atoms with Gasteiger partial charge in [0.2, 0.25) is 0 Å². The van der Waals surface area contributed by atoms with Gasteiger partial charge in [-0.05, 0) is 30.2 Å². The van der Waals surface area contributed by atoms with Gasteiger partial charge in [0.25, 0.3) is 0 Å². The van der Waals surface area contributed by atoms with E-state index in [2.05, 4.69) is 17.1 Å². The van der Waals surface area contributed by atoms with Crippen molar-refractivity contribution in [3.05, 3.63) is 65.9 Å². The van der Waals surface area contributed by atoms with E-state index in [9.17, 15) is 4.79 Å². The molecule has 0 spiro atoms. The van der Waals surface area contributed by atoms with Crippen molar-refractivity contribution in [3.63, 3.8) is 0 Å². The van der Waals surface area contributed by atoms with Gasteiger partial charge in [-0.2, -0.15) is 0 Å². The van der Waals surface area contributed by atoms with Crippen LogP contribution in [0.1, 0.15) is 16.1 Å². The van der Waals surface area contributed by atoms with E-state index in [-0.39, 0.29) is 5.69 Å². The normalized spacial score (nSPS) is 10.9. The molecule has 21 heavy (non-hydrogen) atoms. The number of nitrogens with one attached hydrogen (secondary N) is 1. The first-order valence-corrected chi connectivity index (χ1v) is 7.74. The third-order valence-corrected chi connectivity index (χ3v) is 4.42. The lowest BCUT2D eigenvalue weighted by molar-refractivity contribution is 0.0691. The average Bonchev–Trinajstić information content (AvgIpc) is 2.94. The number of aromatic carboxylic acids is 1. The van der Waals surface area contributed by atoms with E-state index in [4.69, 9.17) is 5.11 Å². The first-order chi connectivity index (χ1) is 10.2. The zero-order valence-corrected chi connectivity index (χ0v) is 12.2. The van der Waals surface area contributed by atoms with Crippen molar-refractivity contribution < 1.29 is 9.90 Å². The lowest BCUT2D eigenvalue weighted by Crippen LogP contribution is -1.94. The Morgan fingerprint density at radius 2 is 1.90 bits per heavy atom. The standard InChI is InChI=1S/C17H15NO2S/c19-17(20)15-11-13-14(18-15)7-4-8-16(13)21-10-9-12-5-2-1-3-6-12/h1-8,11,18H,9-10H2,(H,19,20). The molecular formula is C17H15NO2S. The number of fused-ring (bicyclic) bond motifs is 1. The smallest absolute Gasteiger partial charge is 0.352 e. The summed E-state index contributed by atoms with van der Waals surface area (Å²) in [5.41, 5.74) is 2.43. The van der Waals surface area contributed by atoms with E-state index in [1.54, 1.807) is 17.8 Å². The van der Waals surface area contributed by atoms with Gasteiger partial charge in [-0.1, -0.05) is 36.4 Å². The summed E-state index contributed by atoms with van der Waals surface area (Å²) < 4.78 is 0. The van der Waals surface area contributed by atoms with Gasteiger partial charge in [0.1, 0.15) is 5.69 Å². The van der Waals surface area contributed by atoms with Gasteiger partial charge >= 0.3 is 5.97 Å². The number of thioether (sulfide) groups is 1. The molecule has 0 fully saturated rings. The average molecular weight is 297 g/mol. The third kappa shape index (κ3) is 3.11. The van der Waals surface area contributed by atoms with E-state index in [0.717, 1.165) is 28.0 Å². The topological polar surface area (TPSA) is 53.1 Å². The van der Waals surface area contributed by atoms with Crippen LogP contribution in [0.25, 0.3) is 10.9 Å². The molecule has 0 saturated carbocycles. The number of rotatable bonds is 5. The van der Waals surface area contributed by atoms with E-state index >= 15 is 0 Å². The first kappa shape index (κ1) is 13.8. The second-order valence-corrected chi connectivity index (χ2v) is 5.93. The maximum atomic E-state index is 11.0. The number of carboxylic acid groups (broad SMARTS) is 1. The summed E-state index contributed by atoms with van der Waals surface area (Å²) in [6.45, 7) is 0. The van der Waals surface area contributed by atoms with E-state index in [0.29, 0.717) is 0 Å². The molecule has 1 aromatic heterocycles. The molecule has 106 valence electrons. The summed E-state index contributed by atoms with van der Waals surface area (Å²) in [6, 6.07) is 18.0. The van der Waals surface area contributed by atoms with Gasteiger partial charge in [0.05, 0.1) is 0 Å². The van der Waals surface area contributed by atoms with Crippen molar-refractivity contribution in [2.45, 2.75) is 11.3 Å². The minimum absolute atomic E-state index is 0.237. The van der Waals surface area contributed by atoms with Gasteiger partial charge in [-0.3, -0.25) is 0 Å². The Hall–Kier alpha value is -2.20. The van der Waals surface area contributed by atoms with Crippen LogP contribution in [-0.2, 0) is 6.42 Å². The molecule has 0 amide bonds. The molecule has 2 aromatic carbocycles. The highest BCUT2D eigenvalue weighted by molar-refractivity contribution is 7.99. The molecule has 0 bridgehead atoms. The van der Waals surface area contributed by atoms with Crippen molar-refractivity contribution in [1.82, 2.24) is 4.98 Å². The van der Waals surface area contributed by atoms with Gasteiger partial charge < -0.3 is 10.1 Å². The predicted octanol–water partition coefficient (Wildman–Crippen LogP) is 4.20. The minimum Gasteiger partial charge on any atom is -0.477 e. The summed E-state index contributed by atoms with van der Waals surface area (Å²) in [4.78, 5) is 15.1. The van der Waals surface area contributed by atoms with Gasteiger partial charge in [0.15, 0.2) is 0 Å². The van der Waals surface area contributed by atoms with Crippen LogP contribution in [0.15, 0.2) is 59.5 Å². The van der Waals surface area contributed by atoms with E-state index in [1.165, 1.54) is 5.56 Å². The zero-order chi connectivity index (χ0) is 14.7. The molecule has 0 radical (unpaired) electrons. The molecule has 2 N–H and O–H groups in total. The lowest BCUT2D eigenvalue weighted by Gasteiger charge is -2.03. The Kier molecular flexibility index (Phi) is 3.97. The quantitative estimate of drug-likeness (QED) is 0.694. The number of aromatic nitrogens is 1. The second kappa shape index (κ2) is 6.06. The fraction of sp³-hybridized carbons (Fsp3) is 0.118. The monoisotopic (exact) mass is 297 g/mol. The van der Waals surface area contributed by atoms with Crippen molar-refractivity contribution in [2.75, 3.05) is 5.75 Å². The maximum absolute atomic E-state index is 11.0. The first-order valence-electron chi connectivity index (χ1n) is 6.76. The van der Waals surface area contributed by atoms with Crippen molar-refractivity contribution >= 4 is 28.6 Å².